The van der Waals surface area contributed by atoms with E-state index in [2.05, 4.69) is 50.3 Å². The van der Waals surface area contributed by atoms with Crippen molar-refractivity contribution in [1.82, 2.24) is 0 Å². The Morgan fingerprint density at radius 1 is 0.585 bits per heavy atom. The third-order valence-corrected chi connectivity index (χ3v) is 10.2. The minimum absolute atomic E-state index is 0.0879. The maximum Gasteiger partial charge on any atom is 0.472 e. The summed E-state index contributed by atoms with van der Waals surface area (Å²) in [5.74, 6) is -0.321. The molecule has 0 aliphatic carbocycles. The van der Waals surface area contributed by atoms with Crippen molar-refractivity contribution in [2.45, 2.75) is 187 Å². The third-order valence-electron chi connectivity index (χ3n) is 9.20. The average molecular weight is 771 g/mol. The Morgan fingerprint density at radius 2 is 1.04 bits per heavy atom. The molecule has 0 aromatic heterocycles. The van der Waals surface area contributed by atoms with Gasteiger partial charge in [-0.05, 0) is 51.4 Å². The zero-order chi connectivity index (χ0) is 39.1. The number of hydrogen-bond donors (Lipinski definition) is 1. The maximum atomic E-state index is 12.6. The Bertz CT molecular complexity index is 947. The number of phosphoric acid groups is 1. The molecule has 0 saturated carbocycles. The maximum absolute atomic E-state index is 12.6. The van der Waals surface area contributed by atoms with Crippen molar-refractivity contribution in [3.05, 3.63) is 36.5 Å². The molecule has 9 heteroatoms. The summed E-state index contributed by atoms with van der Waals surface area (Å²) in [6, 6.07) is 0. The first-order chi connectivity index (χ1) is 25.6. The standard InChI is InChI=1S/C44H84NO7P/c1-6-8-10-12-14-15-16-17-18-19-20-21-22-23-24-25-26-27-28-29-30-31-32-33-35-37-44(46)52-43(41-49-39-36-34-13-11-9-7-2)42-51-53(47,48)50-40-38-45(3,4)5/h16-17,19-20,22-23,43H,6-15,18,21,24-42H2,1-5H3/p+1/b17-16-,20-19-,23-22-. The van der Waals surface area contributed by atoms with E-state index in [0.29, 0.717) is 24.1 Å². The molecule has 0 aromatic rings. The molecule has 8 nitrogen and oxygen atoms in total. The normalized spacial score (nSPS) is 14.2. The largest absolute Gasteiger partial charge is 0.472 e. The SMILES string of the molecule is CCCCCCC/C=C\C/C=C\C/C=C\CCCCCCCCCCCCC(=O)OC(COCCCCCCCC)COP(=O)(O)OCC[N+](C)(C)C. The molecule has 1 N–H and O–H groups in total. The number of ether oxygens (including phenoxy) is 2. The zero-order valence-corrected chi connectivity index (χ0v) is 36.1. The van der Waals surface area contributed by atoms with E-state index < -0.39 is 13.9 Å². The molecule has 53 heavy (non-hydrogen) atoms. The first-order valence-corrected chi connectivity index (χ1v) is 23.2. The molecule has 2 atom stereocenters. The van der Waals surface area contributed by atoms with Gasteiger partial charge in [0.2, 0.25) is 0 Å². The molecule has 2 unspecified atom stereocenters. The second kappa shape index (κ2) is 37.6. The van der Waals surface area contributed by atoms with Gasteiger partial charge in [0, 0.05) is 13.0 Å². The van der Waals surface area contributed by atoms with Crippen LogP contribution in [0.3, 0.4) is 0 Å². The van der Waals surface area contributed by atoms with E-state index in [-0.39, 0.29) is 25.8 Å². The summed E-state index contributed by atoms with van der Waals surface area (Å²) in [4.78, 5) is 22.7. The fourth-order valence-corrected chi connectivity index (χ4v) is 6.54. The molecule has 0 heterocycles. The Labute approximate surface area is 327 Å². The van der Waals surface area contributed by atoms with Crippen LogP contribution in [0.4, 0.5) is 0 Å². The van der Waals surface area contributed by atoms with E-state index in [9.17, 15) is 14.3 Å². The summed E-state index contributed by atoms with van der Waals surface area (Å²) >= 11 is 0. The van der Waals surface area contributed by atoms with Gasteiger partial charge in [-0.25, -0.2) is 4.57 Å². The highest BCUT2D eigenvalue weighted by atomic mass is 31.2. The number of carbonyl (C=O) groups excluding carboxylic acids is 1. The van der Waals surface area contributed by atoms with Gasteiger partial charge >= 0.3 is 13.8 Å². The lowest BCUT2D eigenvalue weighted by Gasteiger charge is -2.24. The van der Waals surface area contributed by atoms with Crippen LogP contribution >= 0.6 is 7.82 Å². The van der Waals surface area contributed by atoms with E-state index in [0.717, 1.165) is 44.9 Å². The molecule has 0 radical (unpaired) electrons. The number of hydrogen-bond acceptors (Lipinski definition) is 6. The summed E-state index contributed by atoms with van der Waals surface area (Å²) in [6.45, 7) is 5.56. The van der Waals surface area contributed by atoms with Crippen LogP contribution in [0.5, 0.6) is 0 Å². The topological polar surface area (TPSA) is 91.3 Å². The zero-order valence-electron chi connectivity index (χ0n) is 35.3. The molecule has 0 aliphatic heterocycles. The van der Waals surface area contributed by atoms with Crippen LogP contribution in [0.1, 0.15) is 181 Å². The predicted molar refractivity (Wildman–Crippen MR) is 224 cm³/mol. The molecule has 0 amide bonds. The summed E-state index contributed by atoms with van der Waals surface area (Å²) in [7, 11) is 1.66. The van der Waals surface area contributed by atoms with Gasteiger partial charge in [0.1, 0.15) is 19.3 Å². The van der Waals surface area contributed by atoms with E-state index in [4.69, 9.17) is 18.5 Å². The Balaban J connectivity index is 4.00. The highest BCUT2D eigenvalue weighted by Gasteiger charge is 2.26. The number of unbranched alkanes of at least 4 members (excludes halogenated alkanes) is 20. The fraction of sp³-hybridized carbons (Fsp3) is 0.841. The summed E-state index contributed by atoms with van der Waals surface area (Å²) in [5.41, 5.74) is 0. The third kappa shape index (κ3) is 41.7. The molecule has 0 bridgehead atoms. The van der Waals surface area contributed by atoms with Gasteiger partial charge in [0.15, 0.2) is 0 Å². The van der Waals surface area contributed by atoms with E-state index >= 15 is 0 Å². The molecule has 312 valence electrons. The van der Waals surface area contributed by atoms with Gasteiger partial charge in [-0.2, -0.15) is 0 Å². The molecule has 0 saturated heterocycles. The molecular weight excluding hydrogens is 685 g/mol. The molecule has 0 fully saturated rings. The van der Waals surface area contributed by atoms with E-state index in [1.54, 1.807) is 0 Å². The predicted octanol–water partition coefficient (Wildman–Crippen LogP) is 12.6. The average Bonchev–Trinajstić information content (AvgIpc) is 3.11. The highest BCUT2D eigenvalue weighted by molar-refractivity contribution is 7.47. The number of likely N-dealkylation sites (N-methyl/N-ethyl adjacent to an activating group) is 1. The summed E-state index contributed by atoms with van der Waals surface area (Å²) in [5, 5.41) is 0. The smallest absolute Gasteiger partial charge is 0.457 e. The van der Waals surface area contributed by atoms with Gasteiger partial charge < -0.3 is 18.9 Å². The lowest BCUT2D eigenvalue weighted by molar-refractivity contribution is -0.870. The number of quaternary nitrogens is 1. The number of allylic oxidation sites excluding steroid dienone is 6. The minimum Gasteiger partial charge on any atom is -0.457 e. The van der Waals surface area contributed by atoms with Crippen LogP contribution in [0, 0.1) is 0 Å². The van der Waals surface area contributed by atoms with Crippen LogP contribution in [0.15, 0.2) is 36.5 Å². The number of rotatable bonds is 40. The molecule has 0 rings (SSSR count). The van der Waals surface area contributed by atoms with Crippen LogP contribution < -0.4 is 0 Å². The van der Waals surface area contributed by atoms with Gasteiger partial charge in [0.25, 0.3) is 0 Å². The van der Waals surface area contributed by atoms with Crippen molar-refractivity contribution >= 4 is 13.8 Å². The quantitative estimate of drug-likeness (QED) is 0.0218. The monoisotopic (exact) mass is 771 g/mol. The van der Waals surface area contributed by atoms with Gasteiger partial charge in [-0.1, -0.05) is 159 Å². The van der Waals surface area contributed by atoms with Crippen LogP contribution in [-0.4, -0.2) is 75.6 Å². The van der Waals surface area contributed by atoms with Crippen molar-refractivity contribution in [3.63, 3.8) is 0 Å². The van der Waals surface area contributed by atoms with Gasteiger partial charge in [-0.3, -0.25) is 13.8 Å². The van der Waals surface area contributed by atoms with Crippen molar-refractivity contribution in [2.24, 2.45) is 0 Å². The summed E-state index contributed by atoms with van der Waals surface area (Å²) in [6.07, 6.45) is 43.4. The first kappa shape index (κ1) is 51.7. The first-order valence-electron chi connectivity index (χ1n) is 21.7. The lowest BCUT2D eigenvalue weighted by atomic mass is 10.0. The molecule has 0 spiro atoms. The number of nitrogens with zero attached hydrogens (tertiary/aromatic N) is 1. The molecule has 0 aromatic carbocycles. The minimum atomic E-state index is -4.26. The highest BCUT2D eigenvalue weighted by Crippen LogP contribution is 2.43. The number of esters is 1. The number of phosphoric ester groups is 1. The fourth-order valence-electron chi connectivity index (χ4n) is 5.79. The van der Waals surface area contributed by atoms with Gasteiger partial charge in [-0.15, -0.1) is 0 Å². The Morgan fingerprint density at radius 3 is 1.55 bits per heavy atom. The lowest BCUT2D eigenvalue weighted by Crippen LogP contribution is -2.37. The number of carbonyl (C=O) groups is 1. The molecular formula is C44H85NO7P+. The Hall–Kier alpha value is -1.28. The second-order valence-corrected chi connectivity index (χ2v) is 17.2. The van der Waals surface area contributed by atoms with Crippen molar-refractivity contribution < 1.29 is 37.3 Å². The second-order valence-electron chi connectivity index (χ2n) is 15.7. The van der Waals surface area contributed by atoms with Gasteiger partial charge in [0.05, 0.1) is 34.4 Å². The van der Waals surface area contributed by atoms with Crippen molar-refractivity contribution in [2.75, 3.05) is 54.1 Å². The van der Waals surface area contributed by atoms with E-state index in [1.165, 1.54) is 116 Å². The van der Waals surface area contributed by atoms with E-state index in [1.807, 2.05) is 21.1 Å². The van der Waals surface area contributed by atoms with Crippen LogP contribution in [0.2, 0.25) is 0 Å². The Kier molecular flexibility index (Phi) is 36.7. The summed E-state index contributed by atoms with van der Waals surface area (Å²) < 4.78 is 34.7. The van der Waals surface area contributed by atoms with Crippen LogP contribution in [-0.2, 0) is 27.9 Å². The van der Waals surface area contributed by atoms with Crippen molar-refractivity contribution in [1.29, 1.82) is 0 Å². The molecule has 0 aliphatic rings. The van der Waals surface area contributed by atoms with Crippen molar-refractivity contribution in [3.8, 4) is 0 Å². The van der Waals surface area contributed by atoms with Crippen LogP contribution in [0.25, 0.3) is 0 Å².